The summed E-state index contributed by atoms with van der Waals surface area (Å²) >= 11 is 0. The van der Waals surface area contributed by atoms with Crippen LogP contribution in [0, 0.1) is 0 Å². The van der Waals surface area contributed by atoms with Gasteiger partial charge in [-0.05, 0) is 23.8 Å². The molecule has 4 heterocycles. The Morgan fingerprint density at radius 3 is 2.45 bits per heavy atom. The van der Waals surface area contributed by atoms with Crippen molar-refractivity contribution < 1.29 is 4.42 Å². The van der Waals surface area contributed by atoms with E-state index < -0.39 is 0 Å². The van der Waals surface area contributed by atoms with Gasteiger partial charge in [0.25, 0.3) is 0 Å². The number of furan rings is 1. The molecule has 0 radical (unpaired) electrons. The number of nitrogens with zero attached hydrogens (tertiary/aromatic N) is 3. The normalized spacial score (nSPS) is 19.7. The van der Waals surface area contributed by atoms with Crippen LogP contribution >= 0.6 is 0 Å². The molecule has 0 bridgehead atoms. The Hall–Kier alpha value is -3.79. The molecule has 0 N–H and O–H groups in total. The van der Waals surface area contributed by atoms with Gasteiger partial charge >= 0.3 is 0 Å². The van der Waals surface area contributed by atoms with Crippen LogP contribution in [-0.2, 0) is 0 Å². The number of para-hydroxylation sites is 1. The SMILES string of the molecule is C=CC1=NC2c3ncc4c(oc5ccccc54)c3C(C=C)=NC2c2ccccc21. The molecule has 2 aromatic carbocycles. The van der Waals surface area contributed by atoms with Gasteiger partial charge in [-0.3, -0.25) is 15.0 Å². The van der Waals surface area contributed by atoms with E-state index in [2.05, 4.69) is 31.4 Å². The highest BCUT2D eigenvalue weighted by molar-refractivity contribution is 6.20. The topological polar surface area (TPSA) is 50.8 Å². The molecule has 0 fully saturated rings. The molecule has 138 valence electrons. The summed E-state index contributed by atoms with van der Waals surface area (Å²) in [5.74, 6) is 0. The molecule has 2 aromatic heterocycles. The molecule has 2 aliphatic rings. The van der Waals surface area contributed by atoms with Crippen molar-refractivity contribution in [2.45, 2.75) is 12.1 Å². The zero-order valence-corrected chi connectivity index (χ0v) is 15.7. The number of pyridine rings is 1. The van der Waals surface area contributed by atoms with Crippen molar-refractivity contribution in [1.29, 1.82) is 0 Å². The van der Waals surface area contributed by atoms with E-state index in [1.165, 1.54) is 0 Å². The van der Waals surface area contributed by atoms with Gasteiger partial charge in [-0.15, -0.1) is 0 Å². The van der Waals surface area contributed by atoms with Gasteiger partial charge in [-0.1, -0.05) is 55.6 Å². The van der Waals surface area contributed by atoms with Crippen LogP contribution in [0.25, 0.3) is 21.9 Å². The first-order chi connectivity index (χ1) is 14.3. The van der Waals surface area contributed by atoms with Crippen molar-refractivity contribution in [3.05, 3.63) is 102 Å². The molecular weight excluding hydrogens is 358 g/mol. The summed E-state index contributed by atoms with van der Waals surface area (Å²) in [6.45, 7) is 7.98. The Labute approximate surface area is 167 Å². The monoisotopic (exact) mass is 375 g/mol. The second kappa shape index (κ2) is 5.85. The van der Waals surface area contributed by atoms with Crippen molar-refractivity contribution in [3.8, 4) is 0 Å². The Balaban J connectivity index is 1.69. The molecule has 0 spiro atoms. The number of fused-ring (bicyclic) bond motifs is 9. The smallest absolute Gasteiger partial charge is 0.148 e. The fourth-order valence-corrected chi connectivity index (χ4v) is 4.50. The number of allylic oxidation sites excluding steroid dienone is 2. The summed E-state index contributed by atoms with van der Waals surface area (Å²) in [6.07, 6.45) is 5.49. The quantitative estimate of drug-likeness (QED) is 0.448. The fraction of sp³-hybridized carbons (Fsp3) is 0.0800. The molecule has 2 atom stereocenters. The lowest BCUT2D eigenvalue weighted by atomic mass is 9.83. The van der Waals surface area contributed by atoms with Crippen LogP contribution in [0.3, 0.4) is 0 Å². The molecule has 2 unspecified atom stereocenters. The first-order valence-electron chi connectivity index (χ1n) is 9.60. The van der Waals surface area contributed by atoms with Gasteiger partial charge in [0.05, 0.1) is 22.7 Å². The van der Waals surface area contributed by atoms with E-state index in [1.54, 1.807) is 12.2 Å². The van der Waals surface area contributed by atoms with Gasteiger partial charge in [-0.25, -0.2) is 0 Å². The van der Waals surface area contributed by atoms with Crippen LogP contribution in [0.15, 0.2) is 94.4 Å². The standard InChI is InChI=1S/C25H17N3O/c1-3-18-14-9-5-6-11-16(14)22-24(27-18)23-21(19(4-2)28-22)25-17(13-26-23)15-10-7-8-12-20(15)29-25/h3-13,22,24H,1-2H2. The Morgan fingerprint density at radius 1 is 0.828 bits per heavy atom. The second-order valence-electron chi connectivity index (χ2n) is 7.27. The van der Waals surface area contributed by atoms with Crippen molar-refractivity contribution in [2.24, 2.45) is 9.98 Å². The van der Waals surface area contributed by atoms with Gasteiger partial charge in [0, 0.05) is 22.5 Å². The average Bonchev–Trinajstić information content (AvgIpc) is 3.16. The Morgan fingerprint density at radius 2 is 1.59 bits per heavy atom. The first-order valence-corrected chi connectivity index (χ1v) is 9.60. The maximum atomic E-state index is 6.25. The van der Waals surface area contributed by atoms with E-state index in [0.29, 0.717) is 0 Å². The van der Waals surface area contributed by atoms with Crippen LogP contribution < -0.4 is 0 Å². The lowest BCUT2D eigenvalue weighted by Crippen LogP contribution is -2.26. The Kier molecular flexibility index (Phi) is 3.27. The predicted molar refractivity (Wildman–Crippen MR) is 117 cm³/mol. The highest BCUT2D eigenvalue weighted by atomic mass is 16.3. The third-order valence-electron chi connectivity index (χ3n) is 5.78. The van der Waals surface area contributed by atoms with Gasteiger partial charge in [0.15, 0.2) is 0 Å². The Bertz CT molecular complexity index is 1410. The number of rotatable bonds is 2. The summed E-state index contributed by atoms with van der Waals surface area (Å²) in [5, 5.41) is 2.03. The lowest BCUT2D eigenvalue weighted by Gasteiger charge is -2.33. The molecule has 4 heteroatoms. The number of benzene rings is 2. The molecule has 0 saturated heterocycles. The molecule has 4 nitrogen and oxygen atoms in total. The van der Waals surface area contributed by atoms with E-state index in [4.69, 9.17) is 19.4 Å². The van der Waals surface area contributed by atoms with E-state index in [9.17, 15) is 0 Å². The van der Waals surface area contributed by atoms with Crippen LogP contribution in [0.4, 0.5) is 0 Å². The lowest BCUT2D eigenvalue weighted by molar-refractivity contribution is 0.546. The van der Waals surface area contributed by atoms with Crippen LogP contribution in [0.5, 0.6) is 0 Å². The minimum Gasteiger partial charge on any atom is -0.455 e. The van der Waals surface area contributed by atoms with E-state index in [1.807, 2.05) is 36.5 Å². The molecular formula is C25H17N3O. The minimum absolute atomic E-state index is 0.135. The van der Waals surface area contributed by atoms with Crippen LogP contribution in [0.2, 0.25) is 0 Å². The molecule has 0 amide bonds. The highest BCUT2D eigenvalue weighted by Crippen LogP contribution is 2.46. The second-order valence-corrected chi connectivity index (χ2v) is 7.27. The maximum absolute atomic E-state index is 6.25. The number of hydrogen-bond acceptors (Lipinski definition) is 4. The van der Waals surface area contributed by atoms with Crippen molar-refractivity contribution >= 4 is 33.4 Å². The van der Waals surface area contributed by atoms with E-state index >= 15 is 0 Å². The molecule has 4 aromatic rings. The summed E-state index contributed by atoms with van der Waals surface area (Å²) in [4.78, 5) is 14.9. The highest BCUT2D eigenvalue weighted by Gasteiger charge is 2.38. The van der Waals surface area contributed by atoms with Gasteiger partial charge < -0.3 is 4.42 Å². The largest absolute Gasteiger partial charge is 0.455 e. The molecule has 29 heavy (non-hydrogen) atoms. The van der Waals surface area contributed by atoms with Crippen molar-refractivity contribution in [2.75, 3.05) is 0 Å². The minimum atomic E-state index is -0.214. The van der Waals surface area contributed by atoms with Crippen molar-refractivity contribution in [1.82, 2.24) is 4.98 Å². The third-order valence-corrected chi connectivity index (χ3v) is 5.78. The molecule has 6 rings (SSSR count). The summed E-state index contributed by atoms with van der Waals surface area (Å²) < 4.78 is 6.25. The zero-order valence-electron chi connectivity index (χ0n) is 15.7. The summed E-state index contributed by atoms with van der Waals surface area (Å²) in [7, 11) is 0. The predicted octanol–water partition coefficient (Wildman–Crippen LogP) is 5.74. The van der Waals surface area contributed by atoms with Gasteiger partial charge in [0.2, 0.25) is 0 Å². The van der Waals surface area contributed by atoms with Crippen molar-refractivity contribution in [3.63, 3.8) is 0 Å². The van der Waals surface area contributed by atoms with Crippen LogP contribution in [0.1, 0.15) is 34.5 Å². The van der Waals surface area contributed by atoms with Crippen LogP contribution in [-0.4, -0.2) is 16.4 Å². The fourth-order valence-electron chi connectivity index (χ4n) is 4.50. The van der Waals surface area contributed by atoms with E-state index in [-0.39, 0.29) is 12.1 Å². The maximum Gasteiger partial charge on any atom is 0.148 e. The zero-order chi connectivity index (χ0) is 19.5. The van der Waals surface area contributed by atoms with E-state index in [0.717, 1.165) is 55.7 Å². The first kappa shape index (κ1) is 16.2. The number of aromatic nitrogens is 1. The molecule has 0 saturated carbocycles. The number of hydrogen-bond donors (Lipinski definition) is 0. The molecule has 2 aliphatic heterocycles. The van der Waals surface area contributed by atoms with Gasteiger partial charge in [-0.2, -0.15) is 0 Å². The summed E-state index contributed by atoms with van der Waals surface area (Å²) in [5.41, 5.74) is 7.28. The number of aliphatic imine (C=N–C) groups is 2. The third kappa shape index (κ3) is 2.11. The average molecular weight is 375 g/mol. The van der Waals surface area contributed by atoms with Gasteiger partial charge in [0.1, 0.15) is 23.2 Å². The molecule has 0 aliphatic carbocycles. The summed E-state index contributed by atoms with van der Waals surface area (Å²) in [6, 6.07) is 15.9.